The van der Waals surface area contributed by atoms with Crippen LogP contribution in [0.15, 0.2) is 0 Å². The summed E-state index contributed by atoms with van der Waals surface area (Å²) in [5, 5.41) is 22.1. The Labute approximate surface area is 203 Å². The molecule has 34 heavy (non-hydrogen) atoms. The molecule has 3 N–H and O–H groups in total. The lowest BCUT2D eigenvalue weighted by Crippen LogP contribution is -2.58. The van der Waals surface area contributed by atoms with E-state index in [1.54, 1.807) is 0 Å². The first-order valence-electron chi connectivity index (χ1n) is 12.6. The smallest absolute Gasteiger partial charge is 0.393 e. The summed E-state index contributed by atoms with van der Waals surface area (Å²) in [5.41, 5.74) is 0.176. The SMILES string of the molecule is C[C@]12CCC(SCCCCNC(=O)C(F)(F)F)C[C@@H]1C(O)C[C@@H]1[C@@H]2CC[C@]2(C)C(=O)CC(=N)[C@@H]12. The summed E-state index contributed by atoms with van der Waals surface area (Å²) in [6.07, 6.45) is 1.83. The highest BCUT2D eigenvalue weighted by Crippen LogP contribution is 2.65. The Hall–Kier alpha value is -1.09. The van der Waals surface area contributed by atoms with Gasteiger partial charge in [0.2, 0.25) is 0 Å². The van der Waals surface area contributed by atoms with Gasteiger partial charge in [0.05, 0.1) is 6.10 Å². The molecule has 0 aromatic carbocycles. The Balaban J connectivity index is 1.30. The summed E-state index contributed by atoms with van der Waals surface area (Å²) in [6, 6.07) is 0. The number of nitrogens with one attached hydrogen (secondary N) is 2. The molecule has 0 aromatic heterocycles. The number of alkyl halides is 3. The van der Waals surface area contributed by atoms with E-state index in [0.29, 0.717) is 29.7 Å². The van der Waals surface area contributed by atoms with Gasteiger partial charge in [0.1, 0.15) is 5.78 Å². The molecule has 0 aromatic rings. The van der Waals surface area contributed by atoms with Crippen molar-refractivity contribution in [2.75, 3.05) is 12.3 Å². The van der Waals surface area contributed by atoms with E-state index in [9.17, 15) is 27.9 Å². The molecule has 0 aliphatic heterocycles. The number of aliphatic hydroxyl groups excluding tert-OH is 1. The quantitative estimate of drug-likeness (QED) is 0.457. The number of Topliss-reactive ketones (excluding diaryl/α,β-unsaturated/α-hetero) is 1. The minimum Gasteiger partial charge on any atom is -0.393 e. The Kier molecular flexibility index (Phi) is 7.19. The molecule has 0 heterocycles. The molecule has 4 fully saturated rings. The van der Waals surface area contributed by atoms with Crippen LogP contribution in [-0.4, -0.2) is 52.3 Å². The molecule has 0 saturated heterocycles. The number of fused-ring (bicyclic) bond motifs is 5. The fourth-order valence-electron chi connectivity index (χ4n) is 7.85. The summed E-state index contributed by atoms with van der Waals surface area (Å²) in [4.78, 5) is 23.5. The fourth-order valence-corrected chi connectivity index (χ4v) is 9.18. The lowest BCUT2D eigenvalue weighted by molar-refractivity contribution is -0.173. The third kappa shape index (κ3) is 4.56. The number of carbonyl (C=O) groups excluding carboxylic acids is 2. The molecule has 0 radical (unpaired) electrons. The number of thioether (sulfide) groups is 1. The van der Waals surface area contributed by atoms with E-state index >= 15 is 0 Å². The summed E-state index contributed by atoms with van der Waals surface area (Å²) >= 11 is 1.84. The lowest BCUT2D eigenvalue weighted by atomic mass is 9.44. The van der Waals surface area contributed by atoms with E-state index in [2.05, 4.69) is 6.92 Å². The van der Waals surface area contributed by atoms with E-state index < -0.39 is 23.6 Å². The first-order valence-corrected chi connectivity index (χ1v) is 13.7. The fraction of sp³-hybridized carbons (Fsp3) is 0.880. The molecule has 5 nitrogen and oxygen atoms in total. The Morgan fingerprint density at radius 1 is 1.18 bits per heavy atom. The second kappa shape index (κ2) is 9.41. The number of unbranched alkanes of at least 4 members (excludes halogenated alkanes) is 1. The predicted octanol–water partition coefficient (Wildman–Crippen LogP) is 4.76. The van der Waals surface area contributed by atoms with Gasteiger partial charge >= 0.3 is 12.1 Å². The predicted molar refractivity (Wildman–Crippen MR) is 126 cm³/mol. The molecule has 0 bridgehead atoms. The van der Waals surface area contributed by atoms with Gasteiger partial charge in [-0.25, -0.2) is 0 Å². The van der Waals surface area contributed by atoms with Crippen molar-refractivity contribution in [1.29, 1.82) is 5.41 Å². The first kappa shape index (κ1) is 26.0. The first-order chi connectivity index (χ1) is 15.9. The number of rotatable bonds is 6. The summed E-state index contributed by atoms with van der Waals surface area (Å²) in [7, 11) is 0. The third-order valence-electron chi connectivity index (χ3n) is 9.63. The van der Waals surface area contributed by atoms with E-state index in [1.165, 1.54) is 0 Å². The molecule has 4 rings (SSSR count). The maximum absolute atomic E-state index is 12.7. The molecular weight excluding hydrogens is 465 g/mol. The summed E-state index contributed by atoms with van der Waals surface area (Å²) in [6.45, 7) is 4.40. The molecule has 4 saturated carbocycles. The standard InChI is InChI=1S/C25H37F3N2O3S/c1-23-7-5-14(34-10-4-3-9-30-22(33)25(26,27)28)11-17(23)19(31)12-15-16(23)6-8-24(2)20(32)13-18(29)21(15)24/h14-17,19,21,29,31H,3-13H2,1-2H3,(H,30,33)/t14?,15-,16+,17-,19?,21-,23-,24-/m1/s1. The number of amides is 1. The van der Waals surface area contributed by atoms with Crippen LogP contribution in [0.1, 0.15) is 71.6 Å². The second-order valence-corrected chi connectivity index (χ2v) is 12.9. The maximum atomic E-state index is 12.7. The van der Waals surface area contributed by atoms with Crippen LogP contribution < -0.4 is 5.32 Å². The molecule has 0 spiro atoms. The van der Waals surface area contributed by atoms with Gasteiger partial charge in [0.15, 0.2) is 0 Å². The van der Waals surface area contributed by atoms with Crippen molar-refractivity contribution in [2.45, 2.75) is 89.2 Å². The molecule has 2 unspecified atom stereocenters. The number of hydrogen-bond acceptors (Lipinski definition) is 5. The average molecular weight is 503 g/mol. The number of carbonyl (C=O) groups is 2. The van der Waals surface area contributed by atoms with Crippen LogP contribution in [0.5, 0.6) is 0 Å². The van der Waals surface area contributed by atoms with Crippen LogP contribution in [0.3, 0.4) is 0 Å². The molecule has 4 aliphatic carbocycles. The summed E-state index contributed by atoms with van der Waals surface area (Å²) < 4.78 is 36.7. The van der Waals surface area contributed by atoms with Crippen LogP contribution in [0.4, 0.5) is 13.2 Å². The number of ketones is 1. The zero-order chi connectivity index (χ0) is 24.9. The number of halogens is 3. The van der Waals surface area contributed by atoms with Crippen molar-refractivity contribution in [1.82, 2.24) is 5.32 Å². The van der Waals surface area contributed by atoms with Gasteiger partial charge in [-0.05, 0) is 80.3 Å². The highest BCUT2D eigenvalue weighted by Gasteiger charge is 2.63. The normalized spacial score (nSPS) is 42.1. The molecule has 1 amide bonds. The van der Waals surface area contributed by atoms with Gasteiger partial charge in [-0.1, -0.05) is 13.8 Å². The van der Waals surface area contributed by atoms with Crippen LogP contribution in [0, 0.1) is 39.9 Å². The van der Waals surface area contributed by atoms with E-state index in [1.807, 2.05) is 24.0 Å². The van der Waals surface area contributed by atoms with Crippen molar-refractivity contribution in [3.8, 4) is 0 Å². The molecule has 192 valence electrons. The highest BCUT2D eigenvalue weighted by molar-refractivity contribution is 7.99. The Morgan fingerprint density at radius 3 is 2.62 bits per heavy atom. The van der Waals surface area contributed by atoms with Gasteiger partial charge in [-0.15, -0.1) is 0 Å². The topological polar surface area (TPSA) is 90.2 Å². The van der Waals surface area contributed by atoms with E-state index in [-0.39, 0.29) is 41.9 Å². The van der Waals surface area contributed by atoms with Gasteiger partial charge in [0, 0.05) is 35.3 Å². The number of hydrogen-bond donors (Lipinski definition) is 3. The van der Waals surface area contributed by atoms with Gasteiger partial charge < -0.3 is 15.8 Å². The number of aliphatic hydroxyl groups is 1. The second-order valence-electron chi connectivity index (χ2n) is 11.5. The minimum absolute atomic E-state index is 0.0175. The maximum Gasteiger partial charge on any atom is 0.471 e. The minimum atomic E-state index is -4.83. The van der Waals surface area contributed by atoms with Gasteiger partial charge in [-0.2, -0.15) is 24.9 Å². The van der Waals surface area contributed by atoms with Crippen molar-refractivity contribution in [3.63, 3.8) is 0 Å². The van der Waals surface area contributed by atoms with Gasteiger partial charge in [-0.3, -0.25) is 9.59 Å². The van der Waals surface area contributed by atoms with Gasteiger partial charge in [0.25, 0.3) is 0 Å². The largest absolute Gasteiger partial charge is 0.471 e. The molecule has 8 atom stereocenters. The van der Waals surface area contributed by atoms with Crippen LogP contribution in [0.25, 0.3) is 0 Å². The van der Waals surface area contributed by atoms with E-state index in [4.69, 9.17) is 5.41 Å². The van der Waals surface area contributed by atoms with Crippen molar-refractivity contribution >= 4 is 29.2 Å². The lowest BCUT2D eigenvalue weighted by Gasteiger charge is -2.61. The van der Waals surface area contributed by atoms with Crippen LogP contribution >= 0.6 is 11.8 Å². The monoisotopic (exact) mass is 502 g/mol. The Bertz CT molecular complexity index is 837. The zero-order valence-electron chi connectivity index (χ0n) is 20.0. The Morgan fingerprint density at radius 2 is 1.91 bits per heavy atom. The van der Waals surface area contributed by atoms with Crippen LogP contribution in [0.2, 0.25) is 0 Å². The van der Waals surface area contributed by atoms with E-state index in [0.717, 1.165) is 44.3 Å². The third-order valence-corrected chi connectivity index (χ3v) is 11.1. The van der Waals surface area contributed by atoms with Crippen molar-refractivity contribution < 1.29 is 27.9 Å². The van der Waals surface area contributed by atoms with Crippen molar-refractivity contribution in [3.05, 3.63) is 0 Å². The van der Waals surface area contributed by atoms with Crippen molar-refractivity contribution in [2.24, 2.45) is 34.5 Å². The zero-order valence-corrected chi connectivity index (χ0v) is 20.9. The molecular formula is C25H37F3N2O3S. The summed E-state index contributed by atoms with van der Waals surface area (Å²) in [5.74, 6) is 0.00578. The average Bonchev–Trinajstić information content (AvgIpc) is 2.98. The highest BCUT2D eigenvalue weighted by atomic mass is 32.2. The molecule has 4 aliphatic rings. The van der Waals surface area contributed by atoms with Crippen LogP contribution in [-0.2, 0) is 9.59 Å². The molecule has 9 heteroatoms.